The van der Waals surface area contributed by atoms with E-state index in [0.717, 1.165) is 5.69 Å². The molecule has 1 aromatic rings. The lowest BCUT2D eigenvalue weighted by molar-refractivity contribution is -0.129. The summed E-state index contributed by atoms with van der Waals surface area (Å²) in [6.07, 6.45) is -0.374. The third-order valence-electron chi connectivity index (χ3n) is 3.42. The molecule has 7 nitrogen and oxygen atoms in total. The number of morpholine rings is 1. The lowest BCUT2D eigenvalue weighted by atomic mass is 10.2. The Morgan fingerprint density at radius 3 is 2.64 bits per heavy atom. The second-order valence-electron chi connectivity index (χ2n) is 4.89. The van der Waals surface area contributed by atoms with Gasteiger partial charge in [0, 0.05) is 12.2 Å². The smallest absolute Gasteiger partial charge is 0.253 e. The van der Waals surface area contributed by atoms with Gasteiger partial charge in [0.1, 0.15) is 12.4 Å². The zero-order valence-corrected chi connectivity index (χ0v) is 13.4. The highest BCUT2D eigenvalue weighted by Gasteiger charge is 2.28. The normalized spacial score (nSPS) is 19.3. The van der Waals surface area contributed by atoms with Gasteiger partial charge in [-0.2, -0.15) is 0 Å². The van der Waals surface area contributed by atoms with Crippen LogP contribution in [-0.2, 0) is 19.6 Å². The Labute approximate surface area is 130 Å². The molecule has 1 unspecified atom stereocenters. The van der Waals surface area contributed by atoms with Crippen LogP contribution in [0.4, 0.5) is 5.69 Å². The summed E-state index contributed by atoms with van der Waals surface area (Å²) in [4.78, 5) is 13.6. The molecular formula is C14H20N2O5S. The van der Waals surface area contributed by atoms with Crippen LogP contribution in [0.5, 0.6) is 5.75 Å². The molecule has 122 valence electrons. The van der Waals surface area contributed by atoms with E-state index in [1.165, 1.54) is 0 Å². The van der Waals surface area contributed by atoms with Crippen LogP contribution in [0.2, 0.25) is 0 Å². The number of hydrogen-bond donors (Lipinski definition) is 1. The highest BCUT2D eigenvalue weighted by molar-refractivity contribution is 7.89. The average Bonchev–Trinajstić information content (AvgIpc) is 2.54. The number of rotatable bonds is 6. The minimum Gasteiger partial charge on any atom is -0.497 e. The van der Waals surface area contributed by atoms with Crippen molar-refractivity contribution in [2.45, 2.75) is 13.0 Å². The van der Waals surface area contributed by atoms with Crippen molar-refractivity contribution in [2.75, 3.05) is 37.5 Å². The highest BCUT2D eigenvalue weighted by atomic mass is 32.2. The van der Waals surface area contributed by atoms with Crippen LogP contribution >= 0.6 is 0 Å². The van der Waals surface area contributed by atoms with E-state index in [-0.39, 0.29) is 30.9 Å². The molecular weight excluding hydrogens is 308 g/mol. The number of carbonyl (C=O) groups is 1. The van der Waals surface area contributed by atoms with Crippen LogP contribution in [0.25, 0.3) is 0 Å². The molecule has 1 heterocycles. The Morgan fingerprint density at radius 2 is 2.05 bits per heavy atom. The Balaban J connectivity index is 2.02. The zero-order chi connectivity index (χ0) is 16.2. The van der Waals surface area contributed by atoms with E-state index in [9.17, 15) is 13.2 Å². The van der Waals surface area contributed by atoms with Crippen LogP contribution < -0.4 is 14.4 Å². The van der Waals surface area contributed by atoms with Gasteiger partial charge in [0.2, 0.25) is 10.0 Å². The quantitative estimate of drug-likeness (QED) is 0.815. The minimum absolute atomic E-state index is 0.0147. The molecule has 0 spiro atoms. The Bertz CT molecular complexity index is 615. The van der Waals surface area contributed by atoms with Crippen molar-refractivity contribution in [1.82, 2.24) is 4.72 Å². The average molecular weight is 328 g/mol. The fourth-order valence-corrected chi connectivity index (χ4v) is 2.73. The molecule has 1 aliphatic heterocycles. The van der Waals surface area contributed by atoms with E-state index in [1.807, 2.05) is 0 Å². The first-order chi connectivity index (χ1) is 10.4. The van der Waals surface area contributed by atoms with Crippen LogP contribution in [0.1, 0.15) is 6.92 Å². The first kappa shape index (κ1) is 16.7. The topological polar surface area (TPSA) is 84.9 Å². The molecule has 1 N–H and O–H groups in total. The summed E-state index contributed by atoms with van der Waals surface area (Å²) in [7, 11) is -1.70. The van der Waals surface area contributed by atoms with E-state index in [1.54, 1.807) is 43.2 Å². The van der Waals surface area contributed by atoms with Crippen molar-refractivity contribution < 1.29 is 22.7 Å². The second-order valence-corrected chi connectivity index (χ2v) is 6.98. The van der Waals surface area contributed by atoms with Gasteiger partial charge in [0.15, 0.2) is 0 Å². The van der Waals surface area contributed by atoms with Crippen LogP contribution in [0.3, 0.4) is 0 Å². The number of hydrogen-bond acceptors (Lipinski definition) is 5. The largest absolute Gasteiger partial charge is 0.497 e. The number of nitrogens with one attached hydrogen (secondary N) is 1. The summed E-state index contributed by atoms with van der Waals surface area (Å²) in [5, 5.41) is 0. The third-order valence-corrected chi connectivity index (χ3v) is 4.79. The molecule has 1 saturated heterocycles. The van der Waals surface area contributed by atoms with Gasteiger partial charge < -0.3 is 14.4 Å². The third kappa shape index (κ3) is 4.19. The van der Waals surface area contributed by atoms with Crippen molar-refractivity contribution in [1.29, 1.82) is 0 Å². The van der Waals surface area contributed by atoms with Gasteiger partial charge in [0.25, 0.3) is 5.91 Å². The molecule has 0 bridgehead atoms. The molecule has 1 aromatic carbocycles. The number of ether oxygens (including phenoxy) is 2. The SMILES string of the molecule is CCS(=O)(=O)NCC1CN(c2ccc(OC)cc2)C(=O)CO1. The van der Waals surface area contributed by atoms with Gasteiger partial charge in [-0.1, -0.05) is 0 Å². The van der Waals surface area contributed by atoms with E-state index in [0.29, 0.717) is 12.3 Å². The van der Waals surface area contributed by atoms with Gasteiger partial charge in [-0.15, -0.1) is 0 Å². The molecule has 0 aliphatic carbocycles. The summed E-state index contributed by atoms with van der Waals surface area (Å²) in [6, 6.07) is 7.12. The molecule has 0 saturated carbocycles. The van der Waals surface area contributed by atoms with Crippen molar-refractivity contribution in [2.24, 2.45) is 0 Å². The predicted molar refractivity (Wildman–Crippen MR) is 82.6 cm³/mol. The first-order valence-corrected chi connectivity index (χ1v) is 8.63. The van der Waals surface area contributed by atoms with Gasteiger partial charge in [-0.05, 0) is 31.2 Å². The standard InChI is InChI=1S/C14H20N2O5S/c1-3-22(18,19)15-8-13-9-16(14(17)10-21-13)11-4-6-12(20-2)7-5-11/h4-7,13,15H,3,8-10H2,1-2H3. The van der Waals surface area contributed by atoms with Gasteiger partial charge in [0.05, 0.1) is 25.5 Å². The number of anilines is 1. The van der Waals surface area contributed by atoms with Crippen LogP contribution in [0, 0.1) is 0 Å². The summed E-state index contributed by atoms with van der Waals surface area (Å²) < 4.78 is 35.9. The van der Waals surface area contributed by atoms with Crippen molar-refractivity contribution >= 4 is 21.6 Å². The molecule has 22 heavy (non-hydrogen) atoms. The second kappa shape index (κ2) is 7.08. The zero-order valence-electron chi connectivity index (χ0n) is 12.6. The van der Waals surface area contributed by atoms with E-state index in [2.05, 4.69) is 4.72 Å². The van der Waals surface area contributed by atoms with E-state index in [4.69, 9.17) is 9.47 Å². The maximum Gasteiger partial charge on any atom is 0.253 e. The van der Waals surface area contributed by atoms with E-state index < -0.39 is 10.0 Å². The van der Waals surface area contributed by atoms with Gasteiger partial charge >= 0.3 is 0 Å². The molecule has 8 heteroatoms. The molecule has 1 fully saturated rings. The lowest BCUT2D eigenvalue weighted by Gasteiger charge is -2.32. The van der Waals surface area contributed by atoms with Crippen LogP contribution in [0.15, 0.2) is 24.3 Å². The Hall–Kier alpha value is -1.64. The number of carbonyl (C=O) groups excluding carboxylic acids is 1. The Kier molecular flexibility index (Phi) is 5.38. The van der Waals surface area contributed by atoms with Crippen LogP contribution in [-0.4, -0.2) is 53.0 Å². The minimum atomic E-state index is -3.27. The van der Waals surface area contributed by atoms with Crippen molar-refractivity contribution in [3.8, 4) is 5.75 Å². The van der Waals surface area contributed by atoms with Gasteiger partial charge in [-0.25, -0.2) is 13.1 Å². The van der Waals surface area contributed by atoms with E-state index >= 15 is 0 Å². The van der Waals surface area contributed by atoms with Crippen molar-refractivity contribution in [3.05, 3.63) is 24.3 Å². The fraction of sp³-hybridized carbons (Fsp3) is 0.500. The molecule has 0 radical (unpaired) electrons. The monoisotopic (exact) mass is 328 g/mol. The maximum absolute atomic E-state index is 12.0. The molecule has 1 aliphatic rings. The number of methoxy groups -OCH3 is 1. The summed E-state index contributed by atoms with van der Waals surface area (Å²) in [5.74, 6) is 0.567. The molecule has 0 aromatic heterocycles. The Morgan fingerprint density at radius 1 is 1.36 bits per heavy atom. The number of benzene rings is 1. The summed E-state index contributed by atoms with van der Waals surface area (Å²) in [6.45, 7) is 1.95. The predicted octanol–water partition coefficient (Wildman–Crippen LogP) is 0.366. The maximum atomic E-state index is 12.0. The number of amides is 1. The first-order valence-electron chi connectivity index (χ1n) is 6.98. The number of sulfonamides is 1. The van der Waals surface area contributed by atoms with Crippen molar-refractivity contribution in [3.63, 3.8) is 0 Å². The fourth-order valence-electron chi connectivity index (χ4n) is 2.08. The lowest BCUT2D eigenvalue weighted by Crippen LogP contribution is -2.50. The summed E-state index contributed by atoms with van der Waals surface area (Å²) in [5.41, 5.74) is 0.734. The highest BCUT2D eigenvalue weighted by Crippen LogP contribution is 2.21. The molecule has 2 rings (SSSR count). The summed E-state index contributed by atoms with van der Waals surface area (Å²) >= 11 is 0. The number of nitrogens with zero attached hydrogens (tertiary/aromatic N) is 1. The molecule has 1 atom stereocenters. The molecule has 1 amide bonds. The van der Waals surface area contributed by atoms with Gasteiger partial charge in [-0.3, -0.25) is 4.79 Å².